The van der Waals surface area contributed by atoms with E-state index in [1.807, 2.05) is 25.1 Å². The fourth-order valence-corrected chi connectivity index (χ4v) is 1.99. The van der Waals surface area contributed by atoms with E-state index in [0.29, 0.717) is 17.0 Å². The first kappa shape index (κ1) is 11.7. The summed E-state index contributed by atoms with van der Waals surface area (Å²) in [5.41, 5.74) is 2.71. The predicted molar refractivity (Wildman–Crippen MR) is 73.6 cm³/mol. The maximum Gasteiger partial charge on any atom is 0.230 e. The van der Waals surface area contributed by atoms with Crippen LogP contribution in [0.3, 0.4) is 0 Å². The lowest BCUT2D eigenvalue weighted by atomic mass is 10.2. The first-order valence-electron chi connectivity index (χ1n) is 6.17. The number of halogens is 1. The quantitative estimate of drug-likeness (QED) is 0.767. The number of benzene rings is 2. The molecule has 0 bridgehead atoms. The summed E-state index contributed by atoms with van der Waals surface area (Å²) in [6.45, 7) is 2.86. The van der Waals surface area contributed by atoms with Gasteiger partial charge in [0.2, 0.25) is 5.89 Å². The Labute approximate surface area is 110 Å². The number of anilines is 1. The standard InChI is InChI=1S/C15H13FN2O/c1-2-17-10-7-8-13-14(9-10)19-15(18-13)11-5-3-4-6-12(11)16/h3-9,17H,2H2,1H3. The molecule has 1 aromatic heterocycles. The van der Waals surface area contributed by atoms with Crippen LogP contribution in [0.15, 0.2) is 46.9 Å². The third-order valence-corrected chi connectivity index (χ3v) is 2.87. The number of hydrogen-bond acceptors (Lipinski definition) is 3. The smallest absolute Gasteiger partial charge is 0.230 e. The topological polar surface area (TPSA) is 38.1 Å². The molecular formula is C15H13FN2O. The second kappa shape index (κ2) is 4.72. The summed E-state index contributed by atoms with van der Waals surface area (Å²) in [4.78, 5) is 4.31. The SMILES string of the molecule is CCNc1ccc2nc(-c3ccccc3F)oc2c1. The minimum Gasteiger partial charge on any atom is -0.436 e. The Morgan fingerprint density at radius 2 is 2.05 bits per heavy atom. The van der Waals surface area contributed by atoms with E-state index in [-0.39, 0.29) is 5.82 Å². The Balaban J connectivity index is 2.09. The van der Waals surface area contributed by atoms with Crippen LogP contribution in [0.1, 0.15) is 6.92 Å². The molecule has 19 heavy (non-hydrogen) atoms. The van der Waals surface area contributed by atoms with Gasteiger partial charge in [0.1, 0.15) is 11.3 Å². The maximum atomic E-state index is 13.7. The Morgan fingerprint density at radius 1 is 1.21 bits per heavy atom. The van der Waals surface area contributed by atoms with Crippen molar-refractivity contribution in [3.63, 3.8) is 0 Å². The summed E-state index contributed by atoms with van der Waals surface area (Å²) < 4.78 is 19.3. The van der Waals surface area contributed by atoms with Crippen molar-refractivity contribution in [2.75, 3.05) is 11.9 Å². The molecule has 96 valence electrons. The molecule has 2 aromatic carbocycles. The van der Waals surface area contributed by atoms with Gasteiger partial charge in [-0.2, -0.15) is 0 Å². The Hall–Kier alpha value is -2.36. The van der Waals surface area contributed by atoms with Crippen molar-refractivity contribution < 1.29 is 8.81 Å². The predicted octanol–water partition coefficient (Wildman–Crippen LogP) is 4.07. The van der Waals surface area contributed by atoms with E-state index in [0.717, 1.165) is 17.7 Å². The average molecular weight is 256 g/mol. The molecule has 0 aliphatic rings. The van der Waals surface area contributed by atoms with Crippen LogP contribution in [0, 0.1) is 5.82 Å². The Kier molecular flexibility index (Phi) is 2.91. The lowest BCUT2D eigenvalue weighted by molar-refractivity contribution is 0.593. The molecule has 3 rings (SSSR count). The first-order chi connectivity index (χ1) is 9.28. The molecule has 0 unspecified atom stereocenters. The largest absolute Gasteiger partial charge is 0.436 e. The summed E-state index contributed by atoms with van der Waals surface area (Å²) in [5, 5.41) is 3.20. The molecule has 0 spiro atoms. The van der Waals surface area contributed by atoms with Gasteiger partial charge >= 0.3 is 0 Å². The van der Waals surface area contributed by atoms with E-state index in [1.165, 1.54) is 6.07 Å². The highest BCUT2D eigenvalue weighted by molar-refractivity contribution is 5.79. The van der Waals surface area contributed by atoms with Gasteiger partial charge in [-0.3, -0.25) is 0 Å². The summed E-state index contributed by atoms with van der Waals surface area (Å²) in [5.74, 6) is -0.0253. The third-order valence-electron chi connectivity index (χ3n) is 2.87. The van der Waals surface area contributed by atoms with Crippen molar-refractivity contribution in [2.24, 2.45) is 0 Å². The number of fused-ring (bicyclic) bond motifs is 1. The Bertz CT molecular complexity index is 721. The maximum absolute atomic E-state index is 13.7. The van der Waals surface area contributed by atoms with Crippen LogP contribution in [0.5, 0.6) is 0 Å². The number of hydrogen-bond donors (Lipinski definition) is 1. The third kappa shape index (κ3) is 2.17. The average Bonchev–Trinajstić information content (AvgIpc) is 2.82. The molecular weight excluding hydrogens is 243 g/mol. The van der Waals surface area contributed by atoms with Gasteiger partial charge in [0.05, 0.1) is 5.56 Å². The fraction of sp³-hybridized carbons (Fsp3) is 0.133. The summed E-state index contributed by atoms with van der Waals surface area (Å²) in [7, 11) is 0. The van der Waals surface area contributed by atoms with Crippen LogP contribution in [0.25, 0.3) is 22.6 Å². The highest BCUT2D eigenvalue weighted by Gasteiger charge is 2.12. The van der Waals surface area contributed by atoms with Gasteiger partial charge in [0, 0.05) is 18.3 Å². The van der Waals surface area contributed by atoms with Gasteiger partial charge in [-0.05, 0) is 31.2 Å². The van der Waals surface area contributed by atoms with Crippen molar-refractivity contribution in [3.8, 4) is 11.5 Å². The van der Waals surface area contributed by atoms with Crippen molar-refractivity contribution >= 4 is 16.8 Å². The number of oxazole rings is 1. The van der Waals surface area contributed by atoms with Gasteiger partial charge in [0.25, 0.3) is 0 Å². The molecule has 0 saturated carbocycles. The Morgan fingerprint density at radius 3 is 2.84 bits per heavy atom. The lowest BCUT2D eigenvalue weighted by Crippen LogP contribution is -1.95. The zero-order chi connectivity index (χ0) is 13.2. The molecule has 1 N–H and O–H groups in total. The van der Waals surface area contributed by atoms with Gasteiger partial charge in [0.15, 0.2) is 5.58 Å². The lowest BCUT2D eigenvalue weighted by Gasteiger charge is -2.00. The minimum atomic E-state index is -0.332. The van der Waals surface area contributed by atoms with Crippen molar-refractivity contribution in [2.45, 2.75) is 6.92 Å². The zero-order valence-corrected chi connectivity index (χ0v) is 10.5. The van der Waals surface area contributed by atoms with E-state index in [2.05, 4.69) is 10.3 Å². The van der Waals surface area contributed by atoms with Crippen LogP contribution in [-0.4, -0.2) is 11.5 Å². The van der Waals surface area contributed by atoms with Gasteiger partial charge < -0.3 is 9.73 Å². The highest BCUT2D eigenvalue weighted by atomic mass is 19.1. The fourth-order valence-electron chi connectivity index (χ4n) is 1.99. The van der Waals surface area contributed by atoms with Gasteiger partial charge in [-0.15, -0.1) is 0 Å². The van der Waals surface area contributed by atoms with Crippen LogP contribution in [-0.2, 0) is 0 Å². The van der Waals surface area contributed by atoms with E-state index in [9.17, 15) is 4.39 Å². The van der Waals surface area contributed by atoms with Crippen LogP contribution in [0.4, 0.5) is 10.1 Å². The molecule has 1 heterocycles. The van der Waals surface area contributed by atoms with E-state index in [4.69, 9.17) is 4.42 Å². The molecule has 0 aliphatic carbocycles. The molecule has 0 aliphatic heterocycles. The molecule has 0 radical (unpaired) electrons. The zero-order valence-electron chi connectivity index (χ0n) is 10.5. The summed E-state index contributed by atoms with van der Waals surface area (Å²) >= 11 is 0. The molecule has 3 aromatic rings. The van der Waals surface area contributed by atoms with Crippen LogP contribution >= 0.6 is 0 Å². The number of rotatable bonds is 3. The van der Waals surface area contributed by atoms with E-state index >= 15 is 0 Å². The normalized spacial score (nSPS) is 10.8. The highest BCUT2D eigenvalue weighted by Crippen LogP contribution is 2.27. The van der Waals surface area contributed by atoms with Gasteiger partial charge in [-0.1, -0.05) is 12.1 Å². The molecule has 0 amide bonds. The summed E-state index contributed by atoms with van der Waals surface area (Å²) in [6.07, 6.45) is 0. The second-order valence-electron chi connectivity index (χ2n) is 4.21. The van der Waals surface area contributed by atoms with Crippen molar-refractivity contribution in [3.05, 3.63) is 48.3 Å². The number of aromatic nitrogens is 1. The number of nitrogens with one attached hydrogen (secondary N) is 1. The van der Waals surface area contributed by atoms with E-state index in [1.54, 1.807) is 18.2 Å². The molecule has 0 atom stereocenters. The van der Waals surface area contributed by atoms with Crippen LogP contribution < -0.4 is 5.32 Å². The molecule has 0 saturated heterocycles. The first-order valence-corrected chi connectivity index (χ1v) is 6.17. The molecule has 3 nitrogen and oxygen atoms in total. The summed E-state index contributed by atoms with van der Waals surface area (Å²) in [6, 6.07) is 12.1. The molecule has 4 heteroatoms. The van der Waals surface area contributed by atoms with Crippen LogP contribution in [0.2, 0.25) is 0 Å². The second-order valence-corrected chi connectivity index (χ2v) is 4.21. The van der Waals surface area contributed by atoms with Gasteiger partial charge in [-0.25, -0.2) is 9.37 Å². The minimum absolute atomic E-state index is 0.307. The monoisotopic (exact) mass is 256 g/mol. The van der Waals surface area contributed by atoms with Crippen molar-refractivity contribution in [1.82, 2.24) is 4.98 Å². The molecule has 0 fully saturated rings. The van der Waals surface area contributed by atoms with Crippen molar-refractivity contribution in [1.29, 1.82) is 0 Å². The van der Waals surface area contributed by atoms with E-state index < -0.39 is 0 Å². The number of nitrogens with zero attached hydrogens (tertiary/aromatic N) is 1.